The van der Waals surface area contributed by atoms with E-state index in [1.54, 1.807) is 13.8 Å². The van der Waals surface area contributed by atoms with Crippen molar-refractivity contribution in [2.45, 2.75) is 60.4 Å². The summed E-state index contributed by atoms with van der Waals surface area (Å²) in [7, 11) is 1.30. The number of carbonyl (C=O) groups excluding carboxylic acids is 3. The standard InChI is InChI=1S/C20H33N3O4/c1-12(2)9-10-23(19(26)22-20(5,6)7)11-15(24)16-13(3)17(18(25)27-8)21-14(16)4/h12,21H,9-11H2,1-8H3,(H,22,26). The van der Waals surface area contributed by atoms with Gasteiger partial charge in [0.05, 0.1) is 13.7 Å². The number of esters is 1. The van der Waals surface area contributed by atoms with E-state index in [0.717, 1.165) is 6.42 Å². The Labute approximate surface area is 161 Å². The van der Waals surface area contributed by atoms with Gasteiger partial charge in [-0.2, -0.15) is 0 Å². The molecule has 0 atom stereocenters. The second-order valence-electron chi connectivity index (χ2n) is 8.32. The molecule has 7 heteroatoms. The number of carbonyl (C=O) groups is 3. The SMILES string of the molecule is COC(=O)c1[nH]c(C)c(C(=O)CN(CCC(C)C)C(=O)NC(C)(C)C)c1C. The van der Waals surface area contributed by atoms with Gasteiger partial charge in [-0.3, -0.25) is 4.79 Å². The zero-order valence-corrected chi connectivity index (χ0v) is 17.8. The van der Waals surface area contributed by atoms with Gasteiger partial charge in [-0.1, -0.05) is 13.8 Å². The van der Waals surface area contributed by atoms with E-state index in [-0.39, 0.29) is 24.1 Å². The van der Waals surface area contributed by atoms with Crippen LogP contribution in [0, 0.1) is 19.8 Å². The summed E-state index contributed by atoms with van der Waals surface area (Å²) >= 11 is 0. The molecular formula is C20H33N3O4. The first kappa shape index (κ1) is 22.7. The van der Waals surface area contributed by atoms with E-state index >= 15 is 0 Å². The molecule has 0 fully saturated rings. The summed E-state index contributed by atoms with van der Waals surface area (Å²) in [4.78, 5) is 41.9. The minimum absolute atomic E-state index is 0.0468. The summed E-state index contributed by atoms with van der Waals surface area (Å²) in [5.74, 6) is -0.312. The van der Waals surface area contributed by atoms with Gasteiger partial charge in [0.1, 0.15) is 5.69 Å². The van der Waals surface area contributed by atoms with Gasteiger partial charge in [0.15, 0.2) is 5.78 Å². The number of hydrogen-bond donors (Lipinski definition) is 2. The third-order valence-electron chi connectivity index (χ3n) is 4.19. The Bertz CT molecular complexity index is 699. The maximum Gasteiger partial charge on any atom is 0.354 e. The maximum atomic E-state index is 12.9. The van der Waals surface area contributed by atoms with Crippen molar-refractivity contribution in [2.75, 3.05) is 20.2 Å². The number of aromatic nitrogens is 1. The predicted octanol–water partition coefficient (Wildman–Crippen LogP) is 3.46. The Morgan fingerprint density at radius 2 is 1.78 bits per heavy atom. The number of hydrogen-bond acceptors (Lipinski definition) is 4. The number of nitrogens with one attached hydrogen (secondary N) is 2. The van der Waals surface area contributed by atoms with Crippen molar-refractivity contribution in [3.05, 3.63) is 22.5 Å². The molecule has 1 aromatic heterocycles. The van der Waals surface area contributed by atoms with Crippen LogP contribution in [0.4, 0.5) is 4.79 Å². The fraction of sp³-hybridized carbons (Fsp3) is 0.650. The first-order chi connectivity index (χ1) is 12.4. The Kier molecular flexibility index (Phi) is 7.63. The van der Waals surface area contributed by atoms with Crippen LogP contribution in [0.15, 0.2) is 0 Å². The second kappa shape index (κ2) is 9.06. The number of Topliss-reactive ketones (excluding diaryl/α,β-unsaturated/α-hetero) is 1. The van der Waals surface area contributed by atoms with Crippen LogP contribution in [0.3, 0.4) is 0 Å². The number of methoxy groups -OCH3 is 1. The van der Waals surface area contributed by atoms with Crippen molar-refractivity contribution < 1.29 is 19.1 Å². The molecule has 0 aromatic carbocycles. The molecule has 0 spiro atoms. The van der Waals surface area contributed by atoms with E-state index < -0.39 is 11.5 Å². The molecule has 0 unspecified atom stereocenters. The molecular weight excluding hydrogens is 346 g/mol. The van der Waals surface area contributed by atoms with Crippen molar-refractivity contribution in [3.63, 3.8) is 0 Å². The summed E-state index contributed by atoms with van der Waals surface area (Å²) in [5, 5.41) is 2.91. The van der Waals surface area contributed by atoms with Gasteiger partial charge in [-0.05, 0) is 52.5 Å². The Morgan fingerprint density at radius 1 is 1.19 bits per heavy atom. The number of ketones is 1. The third-order valence-corrected chi connectivity index (χ3v) is 4.19. The zero-order chi connectivity index (χ0) is 20.9. The second-order valence-corrected chi connectivity index (χ2v) is 8.32. The molecule has 0 saturated carbocycles. The van der Waals surface area contributed by atoms with Gasteiger partial charge in [0.25, 0.3) is 0 Å². The third kappa shape index (κ3) is 6.41. The van der Waals surface area contributed by atoms with Crippen LogP contribution in [-0.4, -0.2) is 53.4 Å². The number of nitrogens with zero attached hydrogens (tertiary/aromatic N) is 1. The van der Waals surface area contributed by atoms with E-state index in [2.05, 4.69) is 24.1 Å². The number of amides is 2. The average Bonchev–Trinajstić information content (AvgIpc) is 2.83. The number of H-pyrrole nitrogens is 1. The molecule has 0 bridgehead atoms. The summed E-state index contributed by atoms with van der Waals surface area (Å²) in [5.41, 5.74) is 1.45. The highest BCUT2D eigenvalue weighted by molar-refractivity contribution is 6.04. The van der Waals surface area contributed by atoms with E-state index in [1.165, 1.54) is 12.0 Å². The van der Waals surface area contributed by atoms with Crippen LogP contribution in [0.1, 0.15) is 73.1 Å². The van der Waals surface area contributed by atoms with Gasteiger partial charge in [-0.15, -0.1) is 0 Å². The predicted molar refractivity (Wildman–Crippen MR) is 105 cm³/mol. The normalized spacial score (nSPS) is 11.4. The number of aromatic amines is 1. The summed E-state index contributed by atoms with van der Waals surface area (Å²) in [6, 6.07) is -0.268. The van der Waals surface area contributed by atoms with Gasteiger partial charge in [0.2, 0.25) is 0 Å². The number of urea groups is 1. The van der Waals surface area contributed by atoms with Gasteiger partial charge in [-0.25, -0.2) is 9.59 Å². The Morgan fingerprint density at radius 3 is 2.26 bits per heavy atom. The topological polar surface area (TPSA) is 91.5 Å². The van der Waals surface area contributed by atoms with Crippen molar-refractivity contribution in [1.82, 2.24) is 15.2 Å². The van der Waals surface area contributed by atoms with Crippen LogP contribution in [0.2, 0.25) is 0 Å². The Balaban J connectivity index is 3.07. The van der Waals surface area contributed by atoms with Crippen molar-refractivity contribution in [1.29, 1.82) is 0 Å². The van der Waals surface area contributed by atoms with Gasteiger partial charge < -0.3 is 19.9 Å². The number of aryl methyl sites for hydroxylation is 1. The molecule has 27 heavy (non-hydrogen) atoms. The largest absolute Gasteiger partial charge is 0.464 e. The minimum atomic E-state index is -0.517. The fourth-order valence-electron chi connectivity index (χ4n) is 2.79. The summed E-state index contributed by atoms with van der Waals surface area (Å²) < 4.78 is 4.75. The molecule has 2 amide bonds. The first-order valence-corrected chi connectivity index (χ1v) is 9.25. The smallest absolute Gasteiger partial charge is 0.354 e. The van der Waals surface area contributed by atoms with E-state index in [0.29, 0.717) is 29.3 Å². The first-order valence-electron chi connectivity index (χ1n) is 9.25. The molecule has 1 aromatic rings. The quantitative estimate of drug-likeness (QED) is 0.561. The fourth-order valence-corrected chi connectivity index (χ4v) is 2.79. The minimum Gasteiger partial charge on any atom is -0.464 e. The van der Waals surface area contributed by atoms with Gasteiger partial charge >= 0.3 is 12.0 Å². The lowest BCUT2D eigenvalue weighted by Crippen LogP contribution is -2.50. The van der Waals surface area contributed by atoms with Crippen LogP contribution < -0.4 is 5.32 Å². The highest BCUT2D eigenvalue weighted by atomic mass is 16.5. The maximum absolute atomic E-state index is 12.9. The van der Waals surface area contributed by atoms with Crippen LogP contribution in [-0.2, 0) is 4.74 Å². The molecule has 0 saturated heterocycles. The van der Waals surface area contributed by atoms with E-state index in [9.17, 15) is 14.4 Å². The van der Waals surface area contributed by atoms with Gasteiger partial charge in [0, 0.05) is 23.3 Å². The highest BCUT2D eigenvalue weighted by Gasteiger charge is 2.26. The molecule has 1 rings (SSSR count). The molecule has 0 radical (unpaired) electrons. The Hall–Kier alpha value is -2.31. The van der Waals surface area contributed by atoms with Crippen molar-refractivity contribution in [3.8, 4) is 0 Å². The molecule has 0 aliphatic carbocycles. The lowest BCUT2D eigenvalue weighted by Gasteiger charge is -2.28. The summed E-state index contributed by atoms with van der Waals surface area (Å²) in [6.07, 6.45) is 0.795. The number of ether oxygens (including phenoxy) is 1. The highest BCUT2D eigenvalue weighted by Crippen LogP contribution is 2.20. The molecule has 1 heterocycles. The van der Waals surface area contributed by atoms with Crippen LogP contribution in [0.5, 0.6) is 0 Å². The average molecular weight is 380 g/mol. The molecule has 0 aliphatic rings. The monoisotopic (exact) mass is 379 g/mol. The number of rotatable bonds is 7. The zero-order valence-electron chi connectivity index (χ0n) is 17.8. The van der Waals surface area contributed by atoms with E-state index in [1.807, 2.05) is 20.8 Å². The van der Waals surface area contributed by atoms with Crippen LogP contribution in [0.25, 0.3) is 0 Å². The molecule has 7 nitrogen and oxygen atoms in total. The van der Waals surface area contributed by atoms with Crippen LogP contribution >= 0.6 is 0 Å². The summed E-state index contributed by atoms with van der Waals surface area (Å²) in [6.45, 7) is 13.7. The van der Waals surface area contributed by atoms with Crippen molar-refractivity contribution >= 4 is 17.8 Å². The van der Waals surface area contributed by atoms with Crippen molar-refractivity contribution in [2.24, 2.45) is 5.92 Å². The lowest BCUT2D eigenvalue weighted by atomic mass is 10.0. The van der Waals surface area contributed by atoms with E-state index in [4.69, 9.17) is 4.74 Å². The lowest BCUT2D eigenvalue weighted by molar-refractivity contribution is 0.0593. The molecule has 2 N–H and O–H groups in total. The molecule has 0 aliphatic heterocycles. The molecule has 152 valence electrons.